The Labute approximate surface area is 127 Å². The second-order valence-electron chi connectivity index (χ2n) is 5.49. The van der Waals surface area contributed by atoms with Gasteiger partial charge in [-0.3, -0.25) is 4.79 Å². The molecule has 0 bridgehead atoms. The van der Waals surface area contributed by atoms with E-state index >= 15 is 0 Å². The van der Waals surface area contributed by atoms with E-state index in [9.17, 15) is 4.79 Å². The van der Waals surface area contributed by atoms with Crippen LogP contribution in [0.25, 0.3) is 0 Å². The average molecular weight is 370 g/mol. The molecule has 2 aliphatic rings. The van der Waals surface area contributed by atoms with E-state index in [1.165, 1.54) is 25.7 Å². The van der Waals surface area contributed by atoms with Crippen LogP contribution in [0.3, 0.4) is 0 Å². The quantitative estimate of drug-likeness (QED) is 0.827. The molecule has 102 valence electrons. The van der Waals surface area contributed by atoms with Crippen LogP contribution in [0.4, 0.5) is 0 Å². The fourth-order valence-corrected chi connectivity index (χ4v) is 3.26. The zero-order chi connectivity index (χ0) is 13.2. The number of hydrogen-bond donors (Lipinski definition) is 1. The molecule has 3 rings (SSSR count). The van der Waals surface area contributed by atoms with E-state index in [1.54, 1.807) is 0 Å². The minimum absolute atomic E-state index is 0.203. The maximum Gasteiger partial charge on any atom is 0.254 e. The van der Waals surface area contributed by atoms with Gasteiger partial charge in [0, 0.05) is 27.8 Å². The Bertz CT molecular complexity index is 467. The van der Waals surface area contributed by atoms with Gasteiger partial charge in [0.25, 0.3) is 5.91 Å². The van der Waals surface area contributed by atoms with Gasteiger partial charge in [0.1, 0.15) is 0 Å². The second-order valence-corrected chi connectivity index (χ2v) is 6.74. The topological polar surface area (TPSA) is 32.3 Å². The lowest BCUT2D eigenvalue weighted by molar-refractivity contribution is 0.0728. The lowest BCUT2D eigenvalue weighted by Crippen LogP contribution is -2.42. The van der Waals surface area contributed by atoms with Crippen molar-refractivity contribution >= 4 is 28.5 Å². The number of amides is 1. The van der Waals surface area contributed by atoms with Crippen LogP contribution < -0.4 is 5.32 Å². The molecule has 19 heavy (non-hydrogen) atoms. The number of nitrogens with one attached hydrogen (secondary N) is 1. The van der Waals surface area contributed by atoms with Gasteiger partial charge in [-0.1, -0.05) is 6.07 Å². The first-order chi connectivity index (χ1) is 9.24. The van der Waals surface area contributed by atoms with Gasteiger partial charge in [-0.2, -0.15) is 0 Å². The Morgan fingerprint density at radius 3 is 2.84 bits per heavy atom. The normalized spacial score (nSPS) is 22.5. The highest BCUT2D eigenvalue weighted by molar-refractivity contribution is 14.1. The Kier molecular flexibility index (Phi) is 4.07. The molecule has 1 aliphatic carbocycles. The second kappa shape index (κ2) is 5.79. The fraction of sp³-hybridized carbons (Fsp3) is 0.533. The van der Waals surface area contributed by atoms with Gasteiger partial charge in [-0.05, 0) is 73.0 Å². The van der Waals surface area contributed by atoms with Gasteiger partial charge >= 0.3 is 0 Å². The molecule has 1 unspecified atom stereocenters. The molecule has 1 saturated heterocycles. The van der Waals surface area contributed by atoms with Crippen molar-refractivity contribution in [1.82, 2.24) is 10.2 Å². The third-order valence-electron chi connectivity index (χ3n) is 3.90. The van der Waals surface area contributed by atoms with Crippen LogP contribution in [0.2, 0.25) is 0 Å². The van der Waals surface area contributed by atoms with Crippen LogP contribution in [-0.4, -0.2) is 36.0 Å². The Balaban J connectivity index is 1.73. The molecule has 2 fully saturated rings. The minimum Gasteiger partial charge on any atom is -0.334 e. The zero-order valence-corrected chi connectivity index (χ0v) is 13.1. The number of rotatable bonds is 4. The summed E-state index contributed by atoms with van der Waals surface area (Å²) in [4.78, 5) is 14.8. The summed E-state index contributed by atoms with van der Waals surface area (Å²) in [6, 6.07) is 8.88. The van der Waals surface area contributed by atoms with Gasteiger partial charge in [0.15, 0.2) is 0 Å². The third-order valence-corrected chi connectivity index (χ3v) is 4.57. The van der Waals surface area contributed by atoms with E-state index in [1.807, 2.05) is 24.3 Å². The molecule has 1 heterocycles. The fourth-order valence-electron chi connectivity index (χ4n) is 2.72. The summed E-state index contributed by atoms with van der Waals surface area (Å²) >= 11 is 2.26. The molecule has 1 aliphatic heterocycles. The summed E-state index contributed by atoms with van der Waals surface area (Å²) in [6.07, 6.45) is 4.77. The smallest absolute Gasteiger partial charge is 0.254 e. The summed E-state index contributed by atoms with van der Waals surface area (Å²) in [5, 5.41) is 3.49. The van der Waals surface area contributed by atoms with E-state index in [0.29, 0.717) is 12.1 Å². The maximum absolute atomic E-state index is 12.7. The van der Waals surface area contributed by atoms with Crippen LogP contribution in [0.5, 0.6) is 0 Å². The molecule has 1 aromatic rings. The lowest BCUT2D eigenvalue weighted by Gasteiger charge is -2.26. The van der Waals surface area contributed by atoms with Gasteiger partial charge in [0.2, 0.25) is 0 Å². The molecule has 3 nitrogen and oxygen atoms in total. The molecule has 1 amide bonds. The van der Waals surface area contributed by atoms with E-state index in [-0.39, 0.29) is 5.91 Å². The summed E-state index contributed by atoms with van der Waals surface area (Å²) in [5.41, 5.74) is 0.830. The molecule has 4 heteroatoms. The molecule has 1 saturated carbocycles. The SMILES string of the molecule is O=C(c1cccc(I)c1)N(CC1CCCN1)C1CC1. The van der Waals surface area contributed by atoms with Crippen molar-refractivity contribution in [3.63, 3.8) is 0 Å². The molecule has 1 N–H and O–H groups in total. The van der Waals surface area contributed by atoms with Crippen LogP contribution >= 0.6 is 22.6 Å². The van der Waals surface area contributed by atoms with Crippen molar-refractivity contribution < 1.29 is 4.79 Å². The highest BCUT2D eigenvalue weighted by Gasteiger charge is 2.34. The molecule has 0 radical (unpaired) electrons. The van der Waals surface area contributed by atoms with Crippen LogP contribution in [0, 0.1) is 3.57 Å². The van der Waals surface area contributed by atoms with Gasteiger partial charge in [-0.15, -0.1) is 0 Å². The first-order valence-electron chi connectivity index (χ1n) is 7.04. The van der Waals surface area contributed by atoms with Crippen LogP contribution in [0.15, 0.2) is 24.3 Å². The van der Waals surface area contributed by atoms with E-state index < -0.39 is 0 Å². The standard InChI is InChI=1S/C15H19IN2O/c16-12-4-1-3-11(9-12)15(19)18(14-6-7-14)10-13-5-2-8-17-13/h1,3-4,9,13-14,17H,2,5-8,10H2. The minimum atomic E-state index is 0.203. The molecular formula is C15H19IN2O. The lowest BCUT2D eigenvalue weighted by atomic mass is 10.1. The highest BCUT2D eigenvalue weighted by atomic mass is 127. The number of nitrogens with zero attached hydrogens (tertiary/aromatic N) is 1. The average Bonchev–Trinajstić information content (AvgIpc) is 3.12. The van der Waals surface area contributed by atoms with Crippen molar-refractivity contribution in [3.8, 4) is 0 Å². The van der Waals surface area contributed by atoms with Crippen molar-refractivity contribution in [2.75, 3.05) is 13.1 Å². The van der Waals surface area contributed by atoms with Crippen LogP contribution in [0.1, 0.15) is 36.0 Å². The first kappa shape index (κ1) is 13.4. The Hall–Kier alpha value is -0.620. The Morgan fingerprint density at radius 2 is 2.21 bits per heavy atom. The van der Waals surface area contributed by atoms with Crippen molar-refractivity contribution in [2.45, 2.75) is 37.8 Å². The maximum atomic E-state index is 12.7. The van der Waals surface area contributed by atoms with Gasteiger partial charge in [-0.25, -0.2) is 0 Å². The monoisotopic (exact) mass is 370 g/mol. The number of benzene rings is 1. The summed E-state index contributed by atoms with van der Waals surface area (Å²) in [6.45, 7) is 1.97. The third kappa shape index (κ3) is 3.28. The molecule has 1 atom stereocenters. The van der Waals surface area contributed by atoms with Crippen molar-refractivity contribution in [3.05, 3.63) is 33.4 Å². The predicted molar refractivity (Wildman–Crippen MR) is 84.2 cm³/mol. The number of carbonyl (C=O) groups is 1. The molecular weight excluding hydrogens is 351 g/mol. The first-order valence-corrected chi connectivity index (χ1v) is 8.12. The highest BCUT2D eigenvalue weighted by Crippen LogP contribution is 2.29. The summed E-state index contributed by atoms with van der Waals surface area (Å²) in [5.74, 6) is 0.203. The number of hydrogen-bond acceptors (Lipinski definition) is 2. The zero-order valence-electron chi connectivity index (χ0n) is 10.9. The largest absolute Gasteiger partial charge is 0.334 e. The van der Waals surface area contributed by atoms with Crippen molar-refractivity contribution in [2.24, 2.45) is 0 Å². The molecule has 0 aromatic heterocycles. The van der Waals surface area contributed by atoms with Gasteiger partial charge in [0.05, 0.1) is 0 Å². The number of halogens is 1. The van der Waals surface area contributed by atoms with E-state index in [4.69, 9.17) is 0 Å². The molecule has 1 aromatic carbocycles. The summed E-state index contributed by atoms with van der Waals surface area (Å²) < 4.78 is 1.12. The van der Waals surface area contributed by atoms with Crippen molar-refractivity contribution in [1.29, 1.82) is 0 Å². The van der Waals surface area contributed by atoms with Crippen LogP contribution in [-0.2, 0) is 0 Å². The van der Waals surface area contributed by atoms with Gasteiger partial charge < -0.3 is 10.2 Å². The van der Waals surface area contributed by atoms with E-state index in [2.05, 4.69) is 32.8 Å². The predicted octanol–water partition coefficient (Wildman–Crippen LogP) is 2.65. The Morgan fingerprint density at radius 1 is 1.37 bits per heavy atom. The summed E-state index contributed by atoms with van der Waals surface area (Å²) in [7, 11) is 0. The van der Waals surface area contributed by atoms with E-state index in [0.717, 1.165) is 22.2 Å². The number of carbonyl (C=O) groups excluding carboxylic acids is 1. The molecule has 0 spiro atoms.